The first-order chi connectivity index (χ1) is 14.2. The largest absolute Gasteiger partial charge is 0.484 e. The van der Waals surface area contributed by atoms with Gasteiger partial charge in [-0.15, -0.1) is 0 Å². The van der Waals surface area contributed by atoms with Gasteiger partial charge in [0.1, 0.15) is 5.75 Å². The summed E-state index contributed by atoms with van der Waals surface area (Å²) in [6.45, 7) is 2.28. The maximum atomic E-state index is 12.1. The molecule has 0 heterocycles. The monoisotopic (exact) mass is 395 g/mol. The Morgan fingerprint density at radius 3 is 2.31 bits per heavy atom. The van der Waals surface area contributed by atoms with Crippen molar-refractivity contribution in [2.75, 3.05) is 18.5 Å². The van der Waals surface area contributed by atoms with E-state index >= 15 is 0 Å². The van der Waals surface area contributed by atoms with E-state index in [1.165, 1.54) is 37.7 Å². The van der Waals surface area contributed by atoms with Crippen LogP contribution in [-0.2, 0) is 9.53 Å². The maximum absolute atomic E-state index is 12.1. The van der Waals surface area contributed by atoms with E-state index < -0.39 is 0 Å². The highest BCUT2D eigenvalue weighted by molar-refractivity contribution is 5.93. The molecule has 0 saturated heterocycles. The highest BCUT2D eigenvalue weighted by Crippen LogP contribution is 2.33. The van der Waals surface area contributed by atoms with E-state index in [-0.39, 0.29) is 18.5 Å². The lowest BCUT2D eigenvalue weighted by Crippen LogP contribution is -2.20. The molecule has 1 fully saturated rings. The summed E-state index contributed by atoms with van der Waals surface area (Å²) in [7, 11) is 0. The molecule has 1 amide bonds. The second-order valence-corrected chi connectivity index (χ2v) is 7.45. The molecule has 154 valence electrons. The van der Waals surface area contributed by atoms with Crippen molar-refractivity contribution in [2.24, 2.45) is 0 Å². The molecule has 0 aliphatic heterocycles. The van der Waals surface area contributed by atoms with E-state index in [1.54, 1.807) is 24.3 Å². The van der Waals surface area contributed by atoms with Crippen LogP contribution in [0.3, 0.4) is 0 Å². The zero-order chi connectivity index (χ0) is 20.5. The number of carbonyl (C=O) groups excluding carboxylic acids is 2. The smallest absolute Gasteiger partial charge is 0.338 e. The predicted molar refractivity (Wildman–Crippen MR) is 113 cm³/mol. The number of amides is 1. The van der Waals surface area contributed by atoms with Crippen LogP contribution in [0.1, 0.15) is 67.3 Å². The van der Waals surface area contributed by atoms with E-state index in [4.69, 9.17) is 9.47 Å². The third-order valence-corrected chi connectivity index (χ3v) is 5.17. The van der Waals surface area contributed by atoms with Crippen LogP contribution in [0.25, 0.3) is 0 Å². The molecule has 1 aliphatic rings. The van der Waals surface area contributed by atoms with Crippen LogP contribution >= 0.6 is 0 Å². The first-order valence-corrected chi connectivity index (χ1v) is 10.5. The van der Waals surface area contributed by atoms with Gasteiger partial charge < -0.3 is 14.8 Å². The average molecular weight is 395 g/mol. The Labute approximate surface area is 172 Å². The third-order valence-electron chi connectivity index (χ3n) is 5.17. The number of nitrogens with one attached hydrogen (secondary N) is 1. The summed E-state index contributed by atoms with van der Waals surface area (Å²) in [6, 6.07) is 14.7. The van der Waals surface area contributed by atoms with Crippen molar-refractivity contribution in [3.63, 3.8) is 0 Å². The summed E-state index contributed by atoms with van der Waals surface area (Å²) in [4.78, 5) is 23.9. The van der Waals surface area contributed by atoms with Gasteiger partial charge in [-0.2, -0.15) is 0 Å². The van der Waals surface area contributed by atoms with E-state index in [0.29, 0.717) is 29.5 Å². The lowest BCUT2D eigenvalue weighted by molar-refractivity contribution is -0.118. The van der Waals surface area contributed by atoms with E-state index in [0.717, 1.165) is 6.42 Å². The van der Waals surface area contributed by atoms with Crippen LogP contribution < -0.4 is 10.1 Å². The van der Waals surface area contributed by atoms with Gasteiger partial charge in [0.2, 0.25) is 0 Å². The first kappa shape index (κ1) is 20.9. The maximum Gasteiger partial charge on any atom is 0.338 e. The molecule has 0 radical (unpaired) electrons. The first-order valence-electron chi connectivity index (χ1n) is 10.5. The molecule has 0 bridgehead atoms. The highest BCUT2D eigenvalue weighted by atomic mass is 16.5. The summed E-state index contributed by atoms with van der Waals surface area (Å²) in [5.41, 5.74) is 2.43. The zero-order valence-electron chi connectivity index (χ0n) is 17.0. The molecule has 3 rings (SSSR count). The minimum atomic E-state index is -0.357. The number of hydrogen-bond acceptors (Lipinski definition) is 4. The van der Waals surface area contributed by atoms with Crippen molar-refractivity contribution >= 4 is 17.6 Å². The average Bonchev–Trinajstić information content (AvgIpc) is 2.77. The van der Waals surface area contributed by atoms with Gasteiger partial charge in [0.05, 0.1) is 12.2 Å². The molecule has 1 N–H and O–H groups in total. The lowest BCUT2D eigenvalue weighted by Gasteiger charge is -2.22. The van der Waals surface area contributed by atoms with E-state index in [9.17, 15) is 9.59 Å². The molecule has 5 heteroatoms. The Morgan fingerprint density at radius 1 is 0.966 bits per heavy atom. The molecule has 2 aromatic carbocycles. The minimum Gasteiger partial charge on any atom is -0.484 e. The summed E-state index contributed by atoms with van der Waals surface area (Å²) in [5, 5.41) is 2.77. The Bertz CT molecular complexity index is 793. The van der Waals surface area contributed by atoms with Crippen molar-refractivity contribution in [3.8, 4) is 5.75 Å². The molecular formula is C24H29NO4. The van der Waals surface area contributed by atoms with Crippen LogP contribution in [0.4, 0.5) is 5.69 Å². The Balaban J connectivity index is 1.45. The summed E-state index contributed by atoms with van der Waals surface area (Å²) in [6.07, 6.45) is 7.27. The third kappa shape index (κ3) is 6.34. The van der Waals surface area contributed by atoms with E-state index in [1.807, 2.05) is 19.1 Å². The molecule has 29 heavy (non-hydrogen) atoms. The van der Waals surface area contributed by atoms with Crippen LogP contribution in [0.15, 0.2) is 48.5 Å². The molecule has 0 spiro atoms. The fraction of sp³-hybridized carbons (Fsp3) is 0.417. The summed E-state index contributed by atoms with van der Waals surface area (Å²) in [5.74, 6) is 0.740. The molecule has 0 aromatic heterocycles. The van der Waals surface area contributed by atoms with Gasteiger partial charge in [-0.1, -0.05) is 38.3 Å². The summed E-state index contributed by atoms with van der Waals surface area (Å²) < 4.78 is 10.7. The van der Waals surface area contributed by atoms with Gasteiger partial charge >= 0.3 is 5.97 Å². The van der Waals surface area contributed by atoms with Gasteiger partial charge in [-0.25, -0.2) is 4.79 Å². The van der Waals surface area contributed by atoms with Crippen LogP contribution in [0, 0.1) is 0 Å². The number of hydrogen-bond donors (Lipinski definition) is 1. The Kier molecular flexibility index (Phi) is 7.68. The quantitative estimate of drug-likeness (QED) is 0.615. The van der Waals surface area contributed by atoms with Crippen LogP contribution in [0.2, 0.25) is 0 Å². The number of carbonyl (C=O) groups is 2. The SMILES string of the molecule is CCCOC(=O)c1ccc(NC(=O)COc2ccc(C3CCCCC3)cc2)cc1. The molecule has 1 aliphatic carbocycles. The van der Waals surface area contributed by atoms with Crippen LogP contribution in [-0.4, -0.2) is 25.1 Å². The zero-order valence-corrected chi connectivity index (χ0v) is 17.0. The van der Waals surface area contributed by atoms with Crippen LogP contribution in [0.5, 0.6) is 5.75 Å². The predicted octanol–water partition coefficient (Wildman–Crippen LogP) is 5.32. The number of benzene rings is 2. The number of anilines is 1. The van der Waals surface area contributed by atoms with Gasteiger partial charge in [0.15, 0.2) is 6.61 Å². The standard InChI is InChI=1S/C24H29NO4/c1-2-16-28-24(27)20-8-12-21(13-9-20)25-23(26)17-29-22-14-10-19(11-15-22)18-6-4-3-5-7-18/h8-15,18H,2-7,16-17H2,1H3,(H,25,26). The summed E-state index contributed by atoms with van der Waals surface area (Å²) >= 11 is 0. The van der Waals surface area contributed by atoms with E-state index in [2.05, 4.69) is 17.4 Å². The number of rotatable bonds is 8. The molecule has 5 nitrogen and oxygen atoms in total. The molecule has 2 aromatic rings. The lowest BCUT2D eigenvalue weighted by atomic mass is 9.84. The minimum absolute atomic E-state index is 0.0664. The van der Waals surface area contributed by atoms with Crippen molar-refractivity contribution in [2.45, 2.75) is 51.4 Å². The second kappa shape index (κ2) is 10.6. The van der Waals surface area contributed by atoms with Crippen molar-refractivity contribution < 1.29 is 19.1 Å². The second-order valence-electron chi connectivity index (χ2n) is 7.45. The molecule has 0 unspecified atom stereocenters. The highest BCUT2D eigenvalue weighted by Gasteiger charge is 2.15. The number of esters is 1. The van der Waals surface area contributed by atoms with Gasteiger partial charge in [-0.3, -0.25) is 4.79 Å². The van der Waals surface area contributed by atoms with Gasteiger partial charge in [0, 0.05) is 5.69 Å². The fourth-order valence-corrected chi connectivity index (χ4v) is 3.59. The Hall–Kier alpha value is -2.82. The van der Waals surface area contributed by atoms with Crippen molar-refractivity contribution in [3.05, 3.63) is 59.7 Å². The topological polar surface area (TPSA) is 64.6 Å². The van der Waals surface area contributed by atoms with Gasteiger partial charge in [-0.05, 0) is 67.1 Å². The number of ether oxygens (including phenoxy) is 2. The van der Waals surface area contributed by atoms with Gasteiger partial charge in [0.25, 0.3) is 5.91 Å². The Morgan fingerprint density at radius 2 is 1.66 bits per heavy atom. The molecule has 1 saturated carbocycles. The van der Waals surface area contributed by atoms with Crippen molar-refractivity contribution in [1.29, 1.82) is 0 Å². The fourth-order valence-electron chi connectivity index (χ4n) is 3.59. The van der Waals surface area contributed by atoms with Crippen molar-refractivity contribution in [1.82, 2.24) is 0 Å². The normalized spacial score (nSPS) is 14.2. The molecular weight excluding hydrogens is 366 g/mol. The molecule has 0 atom stereocenters.